The Morgan fingerprint density at radius 2 is 1.25 bits per heavy atom. The van der Waals surface area contributed by atoms with Crippen LogP contribution in [0.3, 0.4) is 0 Å². The molecule has 0 bridgehead atoms. The maximum absolute atomic E-state index is 6.42. The second-order valence-corrected chi connectivity index (χ2v) is 7.55. The number of benzene rings is 4. The highest BCUT2D eigenvalue weighted by atomic mass is 16.4. The number of hydrogen-bond donors (Lipinski definition) is 1. The van der Waals surface area contributed by atoms with E-state index < -0.39 is 0 Å². The molecule has 0 fully saturated rings. The lowest BCUT2D eigenvalue weighted by molar-refractivity contribution is 0.589. The summed E-state index contributed by atoms with van der Waals surface area (Å²) in [5.41, 5.74) is 13.9. The Kier molecular flexibility index (Phi) is 5.91. The van der Waals surface area contributed by atoms with E-state index in [1.165, 1.54) is 0 Å². The minimum Gasteiger partial charge on any atom is -0.435 e. The van der Waals surface area contributed by atoms with E-state index in [4.69, 9.17) is 15.1 Å². The third kappa shape index (κ3) is 3.93. The van der Waals surface area contributed by atoms with Gasteiger partial charge in [-0.15, -0.1) is 0 Å². The van der Waals surface area contributed by atoms with E-state index in [0.717, 1.165) is 50.5 Å². The molecule has 1 heterocycles. The van der Waals surface area contributed by atoms with Gasteiger partial charge in [0.15, 0.2) is 5.76 Å². The molecular weight excluding hydrogens is 392 g/mol. The largest absolute Gasteiger partial charge is 0.435 e. The first-order valence-electron chi connectivity index (χ1n) is 10.3. The Labute approximate surface area is 189 Å². The van der Waals surface area contributed by atoms with E-state index in [2.05, 4.69) is 24.3 Å². The van der Waals surface area contributed by atoms with E-state index >= 15 is 0 Å². The molecule has 0 atom stereocenters. The molecule has 0 aliphatic rings. The van der Waals surface area contributed by atoms with Crippen molar-refractivity contribution in [1.29, 1.82) is 0 Å². The van der Waals surface area contributed by atoms with Gasteiger partial charge in [-0.2, -0.15) is 0 Å². The fraction of sp³-hybridized carbons (Fsp3) is 0.0690. The quantitative estimate of drug-likeness (QED) is 0.302. The molecule has 0 amide bonds. The van der Waals surface area contributed by atoms with E-state index in [1.54, 1.807) is 0 Å². The van der Waals surface area contributed by atoms with Crippen LogP contribution in [0.2, 0.25) is 0 Å². The summed E-state index contributed by atoms with van der Waals surface area (Å²) in [5.74, 6) is 1.35. The summed E-state index contributed by atoms with van der Waals surface area (Å²) >= 11 is 0. The summed E-state index contributed by atoms with van der Waals surface area (Å²) < 4.78 is 6.42. The van der Waals surface area contributed by atoms with Gasteiger partial charge in [-0.25, -0.2) is 4.98 Å². The van der Waals surface area contributed by atoms with E-state index in [-0.39, 0.29) is 7.43 Å². The summed E-state index contributed by atoms with van der Waals surface area (Å²) in [6.07, 6.45) is 0. The van der Waals surface area contributed by atoms with E-state index in [1.807, 2.05) is 85.8 Å². The zero-order valence-corrected chi connectivity index (χ0v) is 17.2. The van der Waals surface area contributed by atoms with Crippen LogP contribution >= 0.6 is 0 Å². The highest BCUT2D eigenvalue weighted by molar-refractivity contribution is 5.85. The van der Waals surface area contributed by atoms with Crippen LogP contribution in [0.5, 0.6) is 0 Å². The fourth-order valence-corrected chi connectivity index (χ4v) is 3.74. The molecule has 158 valence electrons. The Balaban J connectivity index is 0.00000245. The van der Waals surface area contributed by atoms with Crippen LogP contribution in [0, 0.1) is 6.92 Å². The average molecular weight is 419 g/mol. The van der Waals surface area contributed by atoms with Crippen LogP contribution in [0.15, 0.2) is 108 Å². The first kappa shape index (κ1) is 21.1. The minimum atomic E-state index is 0. The van der Waals surface area contributed by atoms with Gasteiger partial charge in [0.05, 0.1) is 0 Å². The molecule has 0 unspecified atom stereocenters. The third-order valence-corrected chi connectivity index (χ3v) is 5.46. The number of rotatable bonds is 4. The summed E-state index contributed by atoms with van der Waals surface area (Å²) in [5, 5.41) is 0. The standard InChI is InChI=1S/C28H22N2O.CH4/c1-19-16-17-22(18-25(19)29)23-14-8-9-15-24(23)28-30-26(20-10-4-2-5-11-20)27(31-28)21-12-6-3-7-13-21;/h2-18H,29H2,1H3;1H4. The summed E-state index contributed by atoms with van der Waals surface area (Å²) in [6.45, 7) is 2.01. The smallest absolute Gasteiger partial charge is 0.227 e. The Morgan fingerprint density at radius 1 is 0.656 bits per heavy atom. The number of nitrogens with two attached hydrogens (primary N) is 1. The second kappa shape index (κ2) is 8.94. The Morgan fingerprint density at radius 3 is 1.91 bits per heavy atom. The van der Waals surface area contributed by atoms with Crippen molar-refractivity contribution in [2.45, 2.75) is 14.4 Å². The molecule has 1 aromatic heterocycles. The lowest BCUT2D eigenvalue weighted by Gasteiger charge is -2.09. The van der Waals surface area contributed by atoms with Crippen LogP contribution in [0.1, 0.15) is 13.0 Å². The Hall–Kier alpha value is -4.11. The normalized spacial score (nSPS) is 10.5. The van der Waals surface area contributed by atoms with Crippen molar-refractivity contribution < 1.29 is 4.42 Å². The molecule has 32 heavy (non-hydrogen) atoms. The lowest BCUT2D eigenvalue weighted by Crippen LogP contribution is -1.91. The van der Waals surface area contributed by atoms with Gasteiger partial charge in [-0.3, -0.25) is 0 Å². The number of anilines is 1. The van der Waals surface area contributed by atoms with Crippen LogP contribution in [0.4, 0.5) is 5.69 Å². The van der Waals surface area contributed by atoms with Gasteiger partial charge in [0.1, 0.15) is 5.69 Å². The number of aryl methyl sites for hydroxylation is 1. The van der Waals surface area contributed by atoms with Crippen LogP contribution in [0.25, 0.3) is 45.2 Å². The molecule has 0 aliphatic heterocycles. The predicted molar refractivity (Wildman–Crippen MR) is 134 cm³/mol. The van der Waals surface area contributed by atoms with Gasteiger partial charge in [-0.05, 0) is 35.7 Å². The van der Waals surface area contributed by atoms with Gasteiger partial charge in [0, 0.05) is 22.4 Å². The Bertz CT molecular complexity index is 1280. The van der Waals surface area contributed by atoms with Crippen molar-refractivity contribution in [2.24, 2.45) is 0 Å². The van der Waals surface area contributed by atoms with Crippen molar-refractivity contribution in [2.75, 3.05) is 5.73 Å². The predicted octanol–water partition coefficient (Wildman–Crippen LogP) is 7.87. The van der Waals surface area contributed by atoms with Gasteiger partial charge < -0.3 is 10.2 Å². The summed E-state index contributed by atoms with van der Waals surface area (Å²) in [4.78, 5) is 4.96. The van der Waals surface area contributed by atoms with Crippen LogP contribution in [-0.4, -0.2) is 4.98 Å². The zero-order valence-electron chi connectivity index (χ0n) is 17.2. The van der Waals surface area contributed by atoms with Gasteiger partial charge in [-0.1, -0.05) is 98.4 Å². The van der Waals surface area contributed by atoms with Gasteiger partial charge >= 0.3 is 0 Å². The second-order valence-electron chi connectivity index (χ2n) is 7.55. The molecule has 5 rings (SSSR count). The minimum absolute atomic E-state index is 0. The fourth-order valence-electron chi connectivity index (χ4n) is 3.74. The summed E-state index contributed by atoms with van der Waals surface area (Å²) in [6, 6.07) is 34.5. The molecule has 0 spiro atoms. The van der Waals surface area contributed by atoms with Crippen molar-refractivity contribution in [3.05, 3.63) is 109 Å². The topological polar surface area (TPSA) is 52.0 Å². The third-order valence-electron chi connectivity index (χ3n) is 5.46. The van der Waals surface area contributed by atoms with Gasteiger partial charge in [0.2, 0.25) is 5.89 Å². The molecule has 0 saturated carbocycles. The van der Waals surface area contributed by atoms with E-state index in [9.17, 15) is 0 Å². The molecule has 0 aliphatic carbocycles. The first-order valence-corrected chi connectivity index (χ1v) is 10.3. The van der Waals surface area contributed by atoms with Crippen molar-refractivity contribution in [3.63, 3.8) is 0 Å². The molecule has 3 heteroatoms. The maximum atomic E-state index is 6.42. The van der Waals surface area contributed by atoms with Gasteiger partial charge in [0.25, 0.3) is 0 Å². The molecule has 4 aromatic carbocycles. The number of oxazole rings is 1. The molecule has 3 nitrogen and oxygen atoms in total. The molecule has 5 aromatic rings. The highest BCUT2D eigenvalue weighted by Gasteiger charge is 2.20. The molecular formula is C29H26N2O. The van der Waals surface area contributed by atoms with Crippen molar-refractivity contribution in [1.82, 2.24) is 4.98 Å². The highest BCUT2D eigenvalue weighted by Crippen LogP contribution is 2.39. The zero-order chi connectivity index (χ0) is 21.2. The van der Waals surface area contributed by atoms with Crippen molar-refractivity contribution in [3.8, 4) is 45.2 Å². The number of hydrogen-bond acceptors (Lipinski definition) is 3. The number of nitrogen functional groups attached to an aromatic ring is 1. The molecule has 0 radical (unpaired) electrons. The number of nitrogens with zero attached hydrogens (tertiary/aromatic N) is 1. The van der Waals surface area contributed by atoms with Crippen LogP contribution in [-0.2, 0) is 0 Å². The molecule has 2 N–H and O–H groups in total. The van der Waals surface area contributed by atoms with Crippen molar-refractivity contribution >= 4 is 5.69 Å². The maximum Gasteiger partial charge on any atom is 0.227 e. The SMILES string of the molecule is C.Cc1ccc(-c2ccccc2-c2nc(-c3ccccc3)c(-c3ccccc3)o2)cc1N. The number of aromatic nitrogens is 1. The monoisotopic (exact) mass is 418 g/mol. The first-order chi connectivity index (χ1) is 15.2. The summed E-state index contributed by atoms with van der Waals surface area (Å²) in [7, 11) is 0. The lowest BCUT2D eigenvalue weighted by atomic mass is 9.98. The average Bonchev–Trinajstić information content (AvgIpc) is 3.27. The van der Waals surface area contributed by atoms with E-state index in [0.29, 0.717) is 5.89 Å². The van der Waals surface area contributed by atoms with Crippen LogP contribution < -0.4 is 5.73 Å². The molecule has 0 saturated heterocycles.